The molecule has 14 heavy (non-hydrogen) atoms. The van der Waals surface area contributed by atoms with E-state index in [0.717, 1.165) is 24.0 Å². The zero-order valence-corrected chi connectivity index (χ0v) is 8.73. The molecule has 2 nitrogen and oxygen atoms in total. The monoisotopic (exact) mass is 210 g/mol. The highest BCUT2D eigenvalue weighted by atomic mass is 35.5. The number of methoxy groups -OCH3 is 1. The maximum Gasteiger partial charge on any atom is 0.163 e. The molecule has 0 saturated heterocycles. The van der Waals surface area contributed by atoms with Crippen LogP contribution in [0.3, 0.4) is 0 Å². The van der Waals surface area contributed by atoms with E-state index in [1.165, 1.54) is 0 Å². The first-order chi connectivity index (χ1) is 6.72. The third-order valence-corrected chi connectivity index (χ3v) is 2.87. The topological polar surface area (TPSA) is 26.3 Å². The molecule has 1 aliphatic rings. The minimum absolute atomic E-state index is 0.173. The molecule has 0 atom stereocenters. The van der Waals surface area contributed by atoms with Gasteiger partial charge in [-0.2, -0.15) is 0 Å². The molecule has 2 rings (SSSR count). The smallest absolute Gasteiger partial charge is 0.163 e. The predicted octanol–water partition coefficient (Wildman–Crippen LogP) is 2.87. The van der Waals surface area contributed by atoms with Gasteiger partial charge < -0.3 is 4.74 Å². The number of rotatable bonds is 1. The average molecular weight is 211 g/mol. The summed E-state index contributed by atoms with van der Waals surface area (Å²) in [4.78, 5) is 11.6. The first-order valence-electron chi connectivity index (χ1n) is 4.62. The van der Waals surface area contributed by atoms with Crippen molar-refractivity contribution >= 4 is 17.4 Å². The van der Waals surface area contributed by atoms with Gasteiger partial charge in [0.15, 0.2) is 5.78 Å². The second kappa shape index (κ2) is 3.62. The number of benzene rings is 1. The molecule has 0 fully saturated rings. The van der Waals surface area contributed by atoms with Crippen molar-refractivity contribution < 1.29 is 9.53 Å². The highest BCUT2D eigenvalue weighted by Crippen LogP contribution is 2.31. The van der Waals surface area contributed by atoms with Crippen LogP contribution in [-0.4, -0.2) is 12.9 Å². The number of hydrogen-bond acceptors (Lipinski definition) is 2. The van der Waals surface area contributed by atoms with Gasteiger partial charge in [-0.3, -0.25) is 4.79 Å². The van der Waals surface area contributed by atoms with Gasteiger partial charge in [0, 0.05) is 17.0 Å². The van der Waals surface area contributed by atoms with Crippen LogP contribution in [0.25, 0.3) is 0 Å². The Morgan fingerprint density at radius 1 is 1.36 bits per heavy atom. The Morgan fingerprint density at radius 2 is 2.14 bits per heavy atom. The van der Waals surface area contributed by atoms with E-state index in [-0.39, 0.29) is 5.78 Å². The molecule has 0 amide bonds. The van der Waals surface area contributed by atoms with Gasteiger partial charge >= 0.3 is 0 Å². The van der Waals surface area contributed by atoms with Crippen molar-refractivity contribution in [3.8, 4) is 5.75 Å². The lowest BCUT2D eigenvalue weighted by Crippen LogP contribution is -2.11. The lowest BCUT2D eigenvalue weighted by Gasteiger charge is -2.16. The maximum atomic E-state index is 11.6. The quantitative estimate of drug-likeness (QED) is 0.713. The average Bonchev–Trinajstić information content (AvgIpc) is 2.19. The summed E-state index contributed by atoms with van der Waals surface area (Å²) in [6.07, 6.45) is 2.41. The Labute approximate surface area is 87.8 Å². The molecule has 3 heteroatoms. The maximum absolute atomic E-state index is 11.6. The van der Waals surface area contributed by atoms with Crippen LogP contribution in [0.2, 0.25) is 5.02 Å². The van der Waals surface area contributed by atoms with E-state index in [0.29, 0.717) is 17.2 Å². The number of hydrogen-bond donors (Lipinski definition) is 0. The van der Waals surface area contributed by atoms with Gasteiger partial charge in [0.05, 0.1) is 7.11 Å². The van der Waals surface area contributed by atoms with Gasteiger partial charge in [-0.05, 0) is 30.5 Å². The number of carbonyl (C=O) groups is 1. The predicted molar refractivity (Wildman–Crippen MR) is 55.3 cm³/mol. The zero-order valence-electron chi connectivity index (χ0n) is 7.97. The lowest BCUT2D eigenvalue weighted by atomic mass is 9.90. The third kappa shape index (κ3) is 1.50. The van der Waals surface area contributed by atoms with Gasteiger partial charge in [0.25, 0.3) is 0 Å². The number of halogens is 1. The normalized spacial score (nSPS) is 15.1. The SMILES string of the molecule is COc1cc(Cl)c2c(c1)C(=O)CCC2. The Balaban J connectivity index is 2.57. The minimum atomic E-state index is 0.173. The van der Waals surface area contributed by atoms with Crippen LogP contribution in [0, 0.1) is 0 Å². The second-order valence-electron chi connectivity index (χ2n) is 3.41. The number of Topliss-reactive ketones (excluding diaryl/α,β-unsaturated/α-hetero) is 1. The molecule has 0 aliphatic heterocycles. The fourth-order valence-electron chi connectivity index (χ4n) is 1.79. The molecule has 0 heterocycles. The Morgan fingerprint density at radius 3 is 2.86 bits per heavy atom. The van der Waals surface area contributed by atoms with Crippen molar-refractivity contribution in [2.45, 2.75) is 19.3 Å². The summed E-state index contributed by atoms with van der Waals surface area (Å²) in [5, 5.41) is 0.646. The highest BCUT2D eigenvalue weighted by molar-refractivity contribution is 6.32. The van der Waals surface area contributed by atoms with Gasteiger partial charge in [-0.15, -0.1) is 0 Å². The van der Waals surface area contributed by atoms with Crippen molar-refractivity contribution in [1.29, 1.82) is 0 Å². The third-order valence-electron chi connectivity index (χ3n) is 2.54. The number of carbonyl (C=O) groups excluding carboxylic acids is 1. The number of ether oxygens (including phenoxy) is 1. The molecule has 1 aliphatic carbocycles. The molecule has 1 aromatic rings. The fourth-order valence-corrected chi connectivity index (χ4v) is 2.10. The Hall–Kier alpha value is -1.02. The van der Waals surface area contributed by atoms with Crippen molar-refractivity contribution in [3.05, 3.63) is 28.3 Å². The largest absolute Gasteiger partial charge is 0.497 e. The molecular formula is C11H11ClO2. The van der Waals surface area contributed by atoms with Gasteiger partial charge in [-0.1, -0.05) is 11.6 Å². The summed E-state index contributed by atoms with van der Waals surface area (Å²) in [5.74, 6) is 0.830. The molecule has 74 valence electrons. The molecule has 0 spiro atoms. The van der Waals surface area contributed by atoms with Crippen molar-refractivity contribution in [1.82, 2.24) is 0 Å². The standard InChI is InChI=1S/C11H11ClO2/c1-14-7-5-9-8(10(12)6-7)3-2-4-11(9)13/h5-6H,2-4H2,1H3. The van der Waals surface area contributed by atoms with Gasteiger partial charge in [0.2, 0.25) is 0 Å². The summed E-state index contributed by atoms with van der Waals surface area (Å²) in [5.41, 5.74) is 1.71. The van der Waals surface area contributed by atoms with Crippen LogP contribution < -0.4 is 4.74 Å². The van der Waals surface area contributed by atoms with Crippen molar-refractivity contribution in [2.24, 2.45) is 0 Å². The van der Waals surface area contributed by atoms with Crippen molar-refractivity contribution in [2.75, 3.05) is 7.11 Å². The highest BCUT2D eigenvalue weighted by Gasteiger charge is 2.20. The summed E-state index contributed by atoms with van der Waals surface area (Å²) in [7, 11) is 1.57. The summed E-state index contributed by atoms with van der Waals surface area (Å²) >= 11 is 6.06. The van der Waals surface area contributed by atoms with Crippen LogP contribution in [0.1, 0.15) is 28.8 Å². The van der Waals surface area contributed by atoms with E-state index in [1.54, 1.807) is 19.2 Å². The molecule has 0 bridgehead atoms. The summed E-state index contributed by atoms with van der Waals surface area (Å²) < 4.78 is 5.07. The van der Waals surface area contributed by atoms with Crippen LogP contribution >= 0.6 is 11.6 Å². The molecule has 0 aromatic heterocycles. The van der Waals surface area contributed by atoms with Gasteiger partial charge in [0.1, 0.15) is 5.75 Å². The minimum Gasteiger partial charge on any atom is -0.497 e. The van der Waals surface area contributed by atoms with Crippen LogP contribution in [0.4, 0.5) is 0 Å². The second-order valence-corrected chi connectivity index (χ2v) is 3.82. The van der Waals surface area contributed by atoms with E-state index < -0.39 is 0 Å². The Bertz CT molecular complexity index is 385. The molecule has 0 unspecified atom stereocenters. The van der Waals surface area contributed by atoms with E-state index in [4.69, 9.17) is 16.3 Å². The molecular weight excluding hydrogens is 200 g/mol. The fraction of sp³-hybridized carbons (Fsp3) is 0.364. The molecule has 1 aromatic carbocycles. The first-order valence-corrected chi connectivity index (χ1v) is 5.00. The van der Waals surface area contributed by atoms with Crippen LogP contribution in [0.15, 0.2) is 12.1 Å². The Kier molecular flexibility index (Phi) is 2.46. The lowest BCUT2D eigenvalue weighted by molar-refractivity contribution is 0.0972. The first kappa shape index (κ1) is 9.53. The van der Waals surface area contributed by atoms with E-state index >= 15 is 0 Å². The van der Waals surface area contributed by atoms with E-state index in [1.807, 2.05) is 0 Å². The van der Waals surface area contributed by atoms with E-state index in [2.05, 4.69) is 0 Å². The molecule has 0 radical (unpaired) electrons. The number of fused-ring (bicyclic) bond motifs is 1. The number of ketones is 1. The summed E-state index contributed by atoms with van der Waals surface area (Å²) in [6.45, 7) is 0. The van der Waals surface area contributed by atoms with Crippen LogP contribution in [-0.2, 0) is 6.42 Å². The zero-order chi connectivity index (χ0) is 10.1. The summed E-state index contributed by atoms with van der Waals surface area (Å²) in [6, 6.07) is 3.54. The van der Waals surface area contributed by atoms with Crippen molar-refractivity contribution in [3.63, 3.8) is 0 Å². The molecule has 0 N–H and O–H groups in total. The molecule has 0 saturated carbocycles. The van der Waals surface area contributed by atoms with E-state index in [9.17, 15) is 4.79 Å². The van der Waals surface area contributed by atoms with Crippen LogP contribution in [0.5, 0.6) is 5.75 Å². The van der Waals surface area contributed by atoms with Gasteiger partial charge in [-0.25, -0.2) is 0 Å².